The molecule has 0 aromatic heterocycles. The molecule has 17 heavy (non-hydrogen) atoms. The number of hydrogen-bond acceptors (Lipinski definition) is 1. The third-order valence-electron chi connectivity index (χ3n) is 3.54. The molecule has 2 heteroatoms. The van der Waals surface area contributed by atoms with Crippen molar-refractivity contribution in [2.75, 3.05) is 6.54 Å². The maximum Gasteiger partial charge on any atom is 0.117 e. The van der Waals surface area contributed by atoms with Gasteiger partial charge in [-0.15, -0.1) is 0 Å². The molecule has 0 saturated carbocycles. The maximum atomic E-state index is 5.83. The van der Waals surface area contributed by atoms with Gasteiger partial charge < -0.3 is 5.73 Å². The van der Waals surface area contributed by atoms with Crippen LogP contribution in [-0.4, -0.2) is 13.8 Å². The summed E-state index contributed by atoms with van der Waals surface area (Å²) in [6.07, 6.45) is 5.21. The predicted octanol–water partition coefficient (Wildman–Crippen LogP) is 3.15. The first-order valence-electron chi connectivity index (χ1n) is 6.89. The van der Waals surface area contributed by atoms with Gasteiger partial charge >= 0.3 is 0 Å². The normalized spacial score (nSPS) is 11.5. The maximum absolute atomic E-state index is 5.83. The summed E-state index contributed by atoms with van der Waals surface area (Å²) in [6.45, 7) is 7.38. The van der Waals surface area contributed by atoms with Crippen LogP contribution in [0.1, 0.15) is 37.8 Å². The van der Waals surface area contributed by atoms with E-state index in [2.05, 4.69) is 44.9 Å². The van der Waals surface area contributed by atoms with Crippen molar-refractivity contribution >= 4 is 7.28 Å². The van der Waals surface area contributed by atoms with E-state index in [9.17, 15) is 0 Å². The van der Waals surface area contributed by atoms with E-state index in [-0.39, 0.29) is 5.41 Å². The fraction of sp³-hybridized carbons (Fsp3) is 0.600. The number of rotatable bonds is 7. The van der Waals surface area contributed by atoms with Gasteiger partial charge in [0.2, 0.25) is 0 Å². The number of aryl methyl sites for hydroxylation is 1. The van der Waals surface area contributed by atoms with Crippen molar-refractivity contribution < 1.29 is 0 Å². The summed E-state index contributed by atoms with van der Waals surface area (Å²) >= 11 is 0. The summed E-state index contributed by atoms with van der Waals surface area (Å²) in [5.41, 5.74) is 8.75. The van der Waals surface area contributed by atoms with Gasteiger partial charge in [-0.3, -0.25) is 0 Å². The minimum Gasteiger partial charge on any atom is -0.330 e. The SMILES string of the molecule is CBCCCCc1cccc(C(C)(C)CN)c1. The fourth-order valence-electron chi connectivity index (χ4n) is 2.02. The molecular weight excluding hydrogens is 205 g/mol. The van der Waals surface area contributed by atoms with Crippen molar-refractivity contribution in [3.05, 3.63) is 35.4 Å². The van der Waals surface area contributed by atoms with Crippen molar-refractivity contribution in [1.82, 2.24) is 0 Å². The lowest BCUT2D eigenvalue weighted by molar-refractivity contribution is 0.538. The molecule has 0 bridgehead atoms. The van der Waals surface area contributed by atoms with Crippen LogP contribution in [0.5, 0.6) is 0 Å². The highest BCUT2D eigenvalue weighted by molar-refractivity contribution is 6.33. The zero-order valence-electron chi connectivity index (χ0n) is 11.6. The Morgan fingerprint density at radius 3 is 2.65 bits per heavy atom. The molecule has 0 fully saturated rings. The highest BCUT2D eigenvalue weighted by Gasteiger charge is 2.18. The van der Waals surface area contributed by atoms with E-state index in [0.717, 1.165) is 0 Å². The highest BCUT2D eigenvalue weighted by Crippen LogP contribution is 2.23. The summed E-state index contributed by atoms with van der Waals surface area (Å²) in [5.74, 6) is 0. The largest absolute Gasteiger partial charge is 0.330 e. The van der Waals surface area contributed by atoms with Crippen LogP contribution in [0.15, 0.2) is 24.3 Å². The Morgan fingerprint density at radius 1 is 1.24 bits per heavy atom. The van der Waals surface area contributed by atoms with Crippen molar-refractivity contribution in [2.24, 2.45) is 5.73 Å². The van der Waals surface area contributed by atoms with Gasteiger partial charge in [0, 0.05) is 12.0 Å². The molecule has 2 N–H and O–H groups in total. The molecule has 0 aliphatic rings. The van der Waals surface area contributed by atoms with Crippen LogP contribution in [0.2, 0.25) is 13.1 Å². The number of hydrogen-bond donors (Lipinski definition) is 1. The lowest BCUT2D eigenvalue weighted by Gasteiger charge is -2.23. The molecular formula is C15H26BN. The molecule has 0 saturated heterocycles. The molecule has 0 atom stereocenters. The molecule has 1 aromatic rings. The van der Waals surface area contributed by atoms with Crippen molar-refractivity contribution in [2.45, 2.75) is 51.7 Å². The average Bonchev–Trinajstić information content (AvgIpc) is 2.35. The van der Waals surface area contributed by atoms with Crippen LogP contribution in [0.3, 0.4) is 0 Å². The monoisotopic (exact) mass is 231 g/mol. The highest BCUT2D eigenvalue weighted by atomic mass is 14.6. The van der Waals surface area contributed by atoms with Gasteiger partial charge in [0.15, 0.2) is 0 Å². The molecule has 0 aliphatic heterocycles. The summed E-state index contributed by atoms with van der Waals surface area (Å²) in [7, 11) is 1.31. The third kappa shape index (κ3) is 4.55. The Morgan fingerprint density at radius 2 is 2.00 bits per heavy atom. The van der Waals surface area contributed by atoms with Gasteiger partial charge in [0.05, 0.1) is 0 Å². The Balaban J connectivity index is 2.60. The summed E-state index contributed by atoms with van der Waals surface area (Å²) in [4.78, 5) is 0. The van der Waals surface area contributed by atoms with E-state index < -0.39 is 0 Å². The molecule has 1 rings (SSSR count). The minimum absolute atomic E-state index is 0.0967. The molecule has 1 nitrogen and oxygen atoms in total. The van der Waals surface area contributed by atoms with E-state index >= 15 is 0 Å². The van der Waals surface area contributed by atoms with Crippen molar-refractivity contribution in [3.8, 4) is 0 Å². The molecule has 0 aliphatic carbocycles. The van der Waals surface area contributed by atoms with E-state index in [4.69, 9.17) is 5.73 Å². The van der Waals surface area contributed by atoms with Gasteiger partial charge in [-0.25, -0.2) is 0 Å². The standard InChI is InChI=1S/C15H26BN/c1-15(2,12-17)14-9-6-8-13(11-14)7-4-5-10-16-3/h6,8-9,11,16H,4-5,7,10,12,17H2,1-3H3. The van der Waals surface area contributed by atoms with Crippen LogP contribution in [0, 0.1) is 0 Å². The second kappa shape index (κ2) is 6.85. The molecule has 0 unspecified atom stereocenters. The van der Waals surface area contributed by atoms with Crippen molar-refractivity contribution in [1.29, 1.82) is 0 Å². The van der Waals surface area contributed by atoms with Gasteiger partial charge in [0.1, 0.15) is 7.28 Å². The first-order valence-corrected chi connectivity index (χ1v) is 6.89. The van der Waals surface area contributed by atoms with Crippen molar-refractivity contribution in [3.63, 3.8) is 0 Å². The molecule has 0 heterocycles. The Labute approximate surface area is 107 Å². The first kappa shape index (κ1) is 14.3. The summed E-state index contributed by atoms with van der Waals surface area (Å²) in [6, 6.07) is 8.94. The van der Waals surface area contributed by atoms with Gasteiger partial charge in [-0.05, 0) is 24.0 Å². The number of nitrogens with two attached hydrogens (primary N) is 1. The van der Waals surface area contributed by atoms with Crippen LogP contribution < -0.4 is 5.73 Å². The summed E-state index contributed by atoms with van der Waals surface area (Å²) < 4.78 is 0. The Hall–Kier alpha value is -0.755. The molecule has 1 aromatic carbocycles. The van der Waals surface area contributed by atoms with Crippen LogP contribution in [0.25, 0.3) is 0 Å². The zero-order valence-corrected chi connectivity index (χ0v) is 11.6. The quantitative estimate of drug-likeness (QED) is 0.566. The van der Waals surface area contributed by atoms with Crippen LogP contribution in [-0.2, 0) is 11.8 Å². The number of unbranched alkanes of at least 4 members (excludes halogenated alkanes) is 1. The smallest absolute Gasteiger partial charge is 0.117 e. The molecule has 0 radical (unpaired) electrons. The lowest BCUT2D eigenvalue weighted by Crippen LogP contribution is -2.28. The third-order valence-corrected chi connectivity index (χ3v) is 3.54. The van der Waals surface area contributed by atoms with E-state index in [1.165, 1.54) is 44.0 Å². The van der Waals surface area contributed by atoms with E-state index in [0.29, 0.717) is 6.54 Å². The van der Waals surface area contributed by atoms with Gasteiger partial charge in [0.25, 0.3) is 0 Å². The zero-order chi connectivity index (χ0) is 12.7. The minimum atomic E-state index is 0.0967. The summed E-state index contributed by atoms with van der Waals surface area (Å²) in [5, 5.41) is 0. The predicted molar refractivity (Wildman–Crippen MR) is 79.3 cm³/mol. The fourth-order valence-corrected chi connectivity index (χ4v) is 2.02. The topological polar surface area (TPSA) is 26.0 Å². The van der Waals surface area contributed by atoms with Gasteiger partial charge in [-0.2, -0.15) is 0 Å². The van der Waals surface area contributed by atoms with Crippen LogP contribution >= 0.6 is 0 Å². The molecule has 0 amide bonds. The van der Waals surface area contributed by atoms with Gasteiger partial charge in [-0.1, -0.05) is 57.7 Å². The molecule has 94 valence electrons. The van der Waals surface area contributed by atoms with E-state index in [1.54, 1.807) is 0 Å². The second-order valence-corrected chi connectivity index (χ2v) is 5.60. The Kier molecular flexibility index (Phi) is 5.77. The lowest BCUT2D eigenvalue weighted by atomic mass is 9.76. The number of benzene rings is 1. The van der Waals surface area contributed by atoms with Crippen LogP contribution in [0.4, 0.5) is 0 Å². The van der Waals surface area contributed by atoms with E-state index in [1.807, 2.05) is 0 Å². The Bertz CT molecular complexity index is 333. The average molecular weight is 231 g/mol. The molecule has 0 spiro atoms. The first-order chi connectivity index (χ1) is 8.10. The second-order valence-electron chi connectivity index (χ2n) is 5.60.